The van der Waals surface area contributed by atoms with Crippen LogP contribution in [0.5, 0.6) is 5.75 Å². The molecule has 0 aromatic heterocycles. The number of hydrogen-bond acceptors (Lipinski definition) is 5. The summed E-state index contributed by atoms with van der Waals surface area (Å²) in [5.74, 6) is -2.47. The molecule has 3 rings (SSSR count). The van der Waals surface area contributed by atoms with Crippen LogP contribution in [0, 0.1) is 0 Å². The number of aromatic carboxylic acids is 1. The number of imide groups is 1. The maximum Gasteiger partial charge on any atom is 0.337 e. The fourth-order valence-electron chi connectivity index (χ4n) is 2.40. The van der Waals surface area contributed by atoms with Crippen molar-refractivity contribution in [1.82, 2.24) is 5.32 Å². The highest BCUT2D eigenvalue weighted by molar-refractivity contribution is 6.31. The second-order valence-corrected chi connectivity index (χ2v) is 5.07. The molecular weight excluding hydrogens is 312 g/mol. The number of nitrogens with one attached hydrogen (secondary N) is 2. The van der Waals surface area contributed by atoms with E-state index in [2.05, 4.69) is 10.6 Å². The van der Waals surface area contributed by atoms with Crippen LogP contribution in [0.2, 0.25) is 0 Å². The third-order valence-corrected chi connectivity index (χ3v) is 3.54. The van der Waals surface area contributed by atoms with Gasteiger partial charge in [-0.15, -0.1) is 0 Å². The van der Waals surface area contributed by atoms with Crippen molar-refractivity contribution in [3.05, 3.63) is 65.4 Å². The highest BCUT2D eigenvalue weighted by atomic mass is 16.4. The first-order chi connectivity index (χ1) is 11.5. The Kier molecular flexibility index (Phi) is 3.75. The number of hydrogen-bond donors (Lipinski definition) is 4. The van der Waals surface area contributed by atoms with Crippen molar-refractivity contribution in [3.8, 4) is 5.75 Å². The first-order valence-corrected chi connectivity index (χ1v) is 6.95. The molecule has 0 saturated carbocycles. The first-order valence-electron chi connectivity index (χ1n) is 6.95. The van der Waals surface area contributed by atoms with E-state index in [-0.39, 0.29) is 22.6 Å². The second kappa shape index (κ2) is 5.88. The van der Waals surface area contributed by atoms with Crippen LogP contribution in [0.3, 0.4) is 0 Å². The van der Waals surface area contributed by atoms with Crippen LogP contribution in [-0.4, -0.2) is 28.0 Å². The number of carbonyl (C=O) groups excluding carboxylic acids is 2. The minimum atomic E-state index is -1.23. The molecule has 0 saturated heterocycles. The Hall–Kier alpha value is -3.61. The molecule has 7 nitrogen and oxygen atoms in total. The lowest BCUT2D eigenvalue weighted by Crippen LogP contribution is -2.36. The topological polar surface area (TPSA) is 116 Å². The quantitative estimate of drug-likeness (QED) is 0.389. The number of carbonyl (C=O) groups is 3. The van der Waals surface area contributed by atoms with Crippen LogP contribution in [0.15, 0.2) is 48.7 Å². The van der Waals surface area contributed by atoms with Crippen LogP contribution in [0.1, 0.15) is 26.3 Å². The van der Waals surface area contributed by atoms with Crippen molar-refractivity contribution >= 4 is 29.0 Å². The third-order valence-electron chi connectivity index (χ3n) is 3.54. The van der Waals surface area contributed by atoms with Gasteiger partial charge < -0.3 is 15.5 Å². The number of benzene rings is 2. The van der Waals surface area contributed by atoms with Gasteiger partial charge in [-0.3, -0.25) is 14.9 Å². The van der Waals surface area contributed by atoms with E-state index in [1.165, 1.54) is 18.3 Å². The van der Waals surface area contributed by atoms with E-state index in [1.807, 2.05) is 0 Å². The number of aromatic hydroxyl groups is 1. The molecule has 0 unspecified atom stereocenters. The molecule has 0 spiro atoms. The van der Waals surface area contributed by atoms with Crippen LogP contribution < -0.4 is 10.6 Å². The molecule has 4 N–H and O–H groups in total. The number of anilines is 1. The van der Waals surface area contributed by atoms with E-state index >= 15 is 0 Å². The van der Waals surface area contributed by atoms with E-state index in [0.29, 0.717) is 11.1 Å². The highest BCUT2D eigenvalue weighted by Crippen LogP contribution is 2.26. The van der Waals surface area contributed by atoms with Gasteiger partial charge in [0, 0.05) is 17.3 Å². The molecule has 1 aliphatic heterocycles. The second-order valence-electron chi connectivity index (χ2n) is 5.07. The minimum absolute atomic E-state index is 0.146. The summed E-state index contributed by atoms with van der Waals surface area (Å²) in [6.45, 7) is 0. The summed E-state index contributed by atoms with van der Waals surface area (Å²) in [6, 6.07) is 10.4. The van der Waals surface area contributed by atoms with Gasteiger partial charge in [0.15, 0.2) is 0 Å². The molecule has 0 atom stereocenters. The van der Waals surface area contributed by atoms with E-state index in [9.17, 15) is 24.6 Å². The Morgan fingerprint density at radius 2 is 1.75 bits per heavy atom. The molecule has 2 amide bonds. The van der Waals surface area contributed by atoms with Crippen LogP contribution in [0.25, 0.3) is 5.57 Å². The number of phenolic OH excluding ortho intramolecular Hbond substituents is 1. The molecule has 0 bridgehead atoms. The first kappa shape index (κ1) is 15.3. The summed E-state index contributed by atoms with van der Waals surface area (Å²) in [5.41, 5.74) is 1.07. The van der Waals surface area contributed by atoms with E-state index in [4.69, 9.17) is 0 Å². The van der Waals surface area contributed by atoms with Crippen LogP contribution in [-0.2, 0) is 4.79 Å². The maximum absolute atomic E-state index is 12.1. The Balaban J connectivity index is 2.01. The van der Waals surface area contributed by atoms with Crippen molar-refractivity contribution in [3.63, 3.8) is 0 Å². The smallest absolute Gasteiger partial charge is 0.337 e. The monoisotopic (exact) mass is 324 g/mol. The Morgan fingerprint density at radius 1 is 1.04 bits per heavy atom. The van der Waals surface area contributed by atoms with Gasteiger partial charge in [-0.05, 0) is 24.3 Å². The van der Waals surface area contributed by atoms with Gasteiger partial charge in [0.2, 0.25) is 0 Å². The van der Waals surface area contributed by atoms with Gasteiger partial charge in [0.05, 0.1) is 16.8 Å². The zero-order chi connectivity index (χ0) is 17.3. The van der Waals surface area contributed by atoms with Crippen LogP contribution in [0.4, 0.5) is 5.69 Å². The highest BCUT2D eigenvalue weighted by Gasteiger charge is 2.26. The number of fused-ring (bicyclic) bond motifs is 1. The summed E-state index contributed by atoms with van der Waals surface area (Å²) < 4.78 is 0. The molecule has 0 fully saturated rings. The molecule has 2 aromatic carbocycles. The Bertz CT molecular complexity index is 902. The van der Waals surface area contributed by atoms with Crippen molar-refractivity contribution in [2.45, 2.75) is 0 Å². The molecule has 7 heteroatoms. The number of carboxylic acids is 1. The van der Waals surface area contributed by atoms with E-state index in [1.54, 1.807) is 24.3 Å². The summed E-state index contributed by atoms with van der Waals surface area (Å²) in [4.78, 5) is 35.1. The van der Waals surface area contributed by atoms with Crippen molar-refractivity contribution in [1.29, 1.82) is 0 Å². The molecule has 1 aliphatic rings. The molecular formula is C17H12N2O5. The maximum atomic E-state index is 12.1. The predicted molar refractivity (Wildman–Crippen MR) is 85.6 cm³/mol. The molecule has 24 heavy (non-hydrogen) atoms. The van der Waals surface area contributed by atoms with Gasteiger partial charge in [0.1, 0.15) is 5.75 Å². The van der Waals surface area contributed by atoms with E-state index < -0.39 is 17.8 Å². The zero-order valence-electron chi connectivity index (χ0n) is 12.2. The fraction of sp³-hybridized carbons (Fsp3) is 0. The van der Waals surface area contributed by atoms with Gasteiger partial charge in [-0.1, -0.05) is 18.2 Å². The normalized spacial score (nSPS) is 14.9. The van der Waals surface area contributed by atoms with Crippen molar-refractivity contribution < 1.29 is 24.6 Å². The summed E-state index contributed by atoms with van der Waals surface area (Å²) >= 11 is 0. The molecule has 120 valence electrons. The predicted octanol–water partition coefficient (Wildman–Crippen LogP) is 1.81. The molecule has 2 aromatic rings. The Labute approximate surface area is 136 Å². The lowest BCUT2D eigenvalue weighted by Gasteiger charge is -2.18. The average Bonchev–Trinajstić information content (AvgIpc) is 2.55. The zero-order valence-corrected chi connectivity index (χ0v) is 12.2. The average molecular weight is 324 g/mol. The standard InChI is InChI=1S/C17H12N2O5/c20-9-5-6-14(12(7-9)17(23)24)18-8-13-10-3-1-2-4-11(10)15(21)19-16(13)22/h1-8,18,20H,(H,23,24)(H,19,21,22). The molecule has 1 heterocycles. The fourth-order valence-corrected chi connectivity index (χ4v) is 2.40. The van der Waals surface area contributed by atoms with Crippen molar-refractivity contribution in [2.75, 3.05) is 5.32 Å². The summed E-state index contributed by atoms with van der Waals surface area (Å²) in [6.07, 6.45) is 1.33. The summed E-state index contributed by atoms with van der Waals surface area (Å²) in [5, 5.41) is 23.5. The molecule has 0 aliphatic carbocycles. The van der Waals surface area contributed by atoms with Gasteiger partial charge in [0.25, 0.3) is 11.8 Å². The van der Waals surface area contributed by atoms with Crippen molar-refractivity contribution in [2.24, 2.45) is 0 Å². The number of carboxylic acid groups (broad SMARTS) is 1. The van der Waals surface area contributed by atoms with Gasteiger partial charge in [-0.25, -0.2) is 4.79 Å². The number of phenols is 1. The largest absolute Gasteiger partial charge is 0.508 e. The van der Waals surface area contributed by atoms with Crippen LogP contribution >= 0.6 is 0 Å². The minimum Gasteiger partial charge on any atom is -0.508 e. The van der Waals surface area contributed by atoms with E-state index in [0.717, 1.165) is 6.07 Å². The SMILES string of the molecule is O=C1NC(=O)c2ccccc2C1=CNc1ccc(O)cc1C(=O)O. The number of rotatable bonds is 3. The Morgan fingerprint density at radius 3 is 2.46 bits per heavy atom. The third kappa shape index (κ3) is 2.70. The van der Waals surface area contributed by atoms with Gasteiger partial charge >= 0.3 is 5.97 Å². The lowest BCUT2D eigenvalue weighted by atomic mass is 9.95. The lowest BCUT2D eigenvalue weighted by molar-refractivity contribution is -0.114. The number of amides is 2. The van der Waals surface area contributed by atoms with Gasteiger partial charge in [-0.2, -0.15) is 0 Å². The molecule has 0 radical (unpaired) electrons. The summed E-state index contributed by atoms with van der Waals surface area (Å²) in [7, 11) is 0.